The molecule has 9 heteroatoms. The van der Waals surface area contributed by atoms with E-state index in [2.05, 4.69) is 4.74 Å². The van der Waals surface area contributed by atoms with E-state index in [1.165, 1.54) is 6.92 Å². The number of rotatable bonds is 7. The number of carbonyl (C=O) groups is 2. The number of hydrogen-bond donors (Lipinski definition) is 3. The molecule has 2 atom stereocenters. The first-order valence-corrected chi connectivity index (χ1v) is 4.98. The van der Waals surface area contributed by atoms with Gasteiger partial charge in [0.25, 0.3) is 0 Å². The van der Waals surface area contributed by atoms with Gasteiger partial charge in [-0.1, -0.05) is 0 Å². The smallest absolute Gasteiger partial charge is 0.411 e. The first kappa shape index (κ1) is 16.6. The van der Waals surface area contributed by atoms with Gasteiger partial charge in [0, 0.05) is 6.42 Å². The van der Waals surface area contributed by atoms with Crippen LogP contribution in [-0.2, 0) is 14.3 Å². The fraction of sp³-hybridized carbons (Fsp3) is 0.778. The molecule has 0 aliphatic carbocycles. The van der Waals surface area contributed by atoms with Gasteiger partial charge in [-0.2, -0.15) is 13.2 Å². The number of ether oxygens (including phenoxy) is 1. The van der Waals surface area contributed by atoms with Crippen LogP contribution in [0.25, 0.3) is 0 Å². The number of carbonyl (C=O) groups excluding carboxylic acids is 1. The van der Waals surface area contributed by atoms with Gasteiger partial charge in [0.2, 0.25) is 5.91 Å². The molecule has 0 radical (unpaired) electrons. The van der Waals surface area contributed by atoms with Crippen molar-refractivity contribution >= 4 is 11.9 Å². The molecule has 0 aromatic rings. The van der Waals surface area contributed by atoms with Gasteiger partial charge in [0.15, 0.2) is 6.04 Å². The number of halogens is 3. The van der Waals surface area contributed by atoms with Crippen molar-refractivity contribution in [2.75, 3.05) is 13.2 Å². The number of carboxylic acids is 1. The Morgan fingerprint density at radius 2 is 1.94 bits per heavy atom. The molecule has 0 saturated carbocycles. The van der Waals surface area contributed by atoms with Gasteiger partial charge in [0.1, 0.15) is 6.61 Å². The van der Waals surface area contributed by atoms with E-state index in [0.717, 1.165) is 0 Å². The summed E-state index contributed by atoms with van der Waals surface area (Å²) in [7, 11) is 0. The quantitative estimate of drug-likeness (QED) is 0.563. The maximum atomic E-state index is 11.7. The standard InChI is InChI=1S/C9H14F3NO5/c1-5(14)7(8(16)17)13-6(15)2-3-18-4-9(10,11)12/h5,7,14H,2-4H2,1H3,(H,13,15)(H,16,17). The van der Waals surface area contributed by atoms with Gasteiger partial charge >= 0.3 is 12.1 Å². The number of aliphatic hydroxyl groups excluding tert-OH is 1. The minimum atomic E-state index is -4.47. The molecule has 0 fully saturated rings. The summed E-state index contributed by atoms with van der Waals surface area (Å²) < 4.78 is 39.2. The van der Waals surface area contributed by atoms with Crippen molar-refractivity contribution in [1.82, 2.24) is 5.32 Å². The Hall–Kier alpha value is -1.35. The molecule has 0 aromatic carbocycles. The maximum Gasteiger partial charge on any atom is 0.411 e. The summed E-state index contributed by atoms with van der Waals surface area (Å²) in [6.07, 6.45) is -6.21. The number of hydrogen-bond acceptors (Lipinski definition) is 4. The second-order valence-corrected chi connectivity index (χ2v) is 3.54. The van der Waals surface area contributed by atoms with Gasteiger partial charge in [-0.15, -0.1) is 0 Å². The Balaban J connectivity index is 3.93. The third-order valence-corrected chi connectivity index (χ3v) is 1.80. The van der Waals surface area contributed by atoms with Gasteiger partial charge < -0.3 is 20.3 Å². The first-order valence-electron chi connectivity index (χ1n) is 4.98. The predicted molar refractivity (Wildman–Crippen MR) is 52.7 cm³/mol. The summed E-state index contributed by atoms with van der Waals surface area (Å²) in [5, 5.41) is 19.6. The van der Waals surface area contributed by atoms with Crippen LogP contribution < -0.4 is 5.32 Å². The number of alkyl halides is 3. The molecule has 0 heterocycles. The molecular formula is C9H14F3NO5. The highest BCUT2D eigenvalue weighted by Gasteiger charge is 2.28. The normalized spacial score (nSPS) is 14.9. The van der Waals surface area contributed by atoms with Crippen LogP contribution >= 0.6 is 0 Å². The number of amides is 1. The average molecular weight is 273 g/mol. The lowest BCUT2D eigenvalue weighted by molar-refractivity contribution is -0.174. The molecule has 2 unspecified atom stereocenters. The molecule has 0 rings (SSSR count). The van der Waals surface area contributed by atoms with Gasteiger partial charge in [-0.25, -0.2) is 4.79 Å². The van der Waals surface area contributed by atoms with E-state index in [1.54, 1.807) is 0 Å². The zero-order valence-electron chi connectivity index (χ0n) is 9.53. The lowest BCUT2D eigenvalue weighted by atomic mass is 10.2. The Morgan fingerprint density at radius 1 is 1.39 bits per heavy atom. The van der Waals surface area contributed by atoms with E-state index in [4.69, 9.17) is 10.2 Å². The third kappa shape index (κ3) is 7.85. The summed E-state index contributed by atoms with van der Waals surface area (Å²) in [4.78, 5) is 21.7. The molecule has 0 aromatic heterocycles. The molecule has 0 aliphatic heterocycles. The number of aliphatic hydroxyl groups is 1. The van der Waals surface area contributed by atoms with Gasteiger partial charge in [0.05, 0.1) is 12.7 Å². The Morgan fingerprint density at radius 3 is 2.33 bits per heavy atom. The molecule has 0 spiro atoms. The van der Waals surface area contributed by atoms with Crippen LogP contribution in [0.4, 0.5) is 13.2 Å². The van der Waals surface area contributed by atoms with Crippen LogP contribution in [0.5, 0.6) is 0 Å². The second kappa shape index (κ2) is 7.17. The minimum absolute atomic E-state index is 0.424. The van der Waals surface area contributed by atoms with Crippen LogP contribution in [0.3, 0.4) is 0 Å². The number of nitrogens with one attached hydrogen (secondary N) is 1. The number of carboxylic acid groups (broad SMARTS) is 1. The molecule has 0 bridgehead atoms. The molecular weight excluding hydrogens is 259 g/mol. The van der Waals surface area contributed by atoms with Crippen molar-refractivity contribution in [3.05, 3.63) is 0 Å². The van der Waals surface area contributed by atoms with E-state index in [9.17, 15) is 22.8 Å². The molecule has 3 N–H and O–H groups in total. The van der Waals surface area contributed by atoms with E-state index >= 15 is 0 Å². The third-order valence-electron chi connectivity index (χ3n) is 1.80. The van der Waals surface area contributed by atoms with Crippen molar-refractivity contribution in [2.24, 2.45) is 0 Å². The highest BCUT2D eigenvalue weighted by atomic mass is 19.4. The van der Waals surface area contributed by atoms with Crippen molar-refractivity contribution in [1.29, 1.82) is 0 Å². The van der Waals surface area contributed by atoms with Gasteiger partial charge in [-0.3, -0.25) is 4.79 Å². The summed E-state index contributed by atoms with van der Waals surface area (Å²) in [5.74, 6) is -2.25. The molecule has 18 heavy (non-hydrogen) atoms. The topological polar surface area (TPSA) is 95.9 Å². The van der Waals surface area contributed by atoms with E-state index in [-0.39, 0.29) is 0 Å². The molecule has 106 valence electrons. The minimum Gasteiger partial charge on any atom is -0.480 e. The molecule has 1 amide bonds. The zero-order chi connectivity index (χ0) is 14.3. The Bertz CT molecular complexity index is 292. The molecule has 0 saturated heterocycles. The fourth-order valence-electron chi connectivity index (χ4n) is 0.987. The van der Waals surface area contributed by atoms with Crippen LogP contribution in [0.2, 0.25) is 0 Å². The van der Waals surface area contributed by atoms with Crippen molar-refractivity contribution in [2.45, 2.75) is 31.7 Å². The second-order valence-electron chi connectivity index (χ2n) is 3.54. The summed E-state index contributed by atoms with van der Waals surface area (Å²) in [5.41, 5.74) is 0. The predicted octanol–water partition coefficient (Wildman–Crippen LogP) is -0.0944. The Kier molecular flexibility index (Phi) is 6.63. The number of aliphatic carboxylic acids is 1. The first-order chi connectivity index (χ1) is 8.13. The van der Waals surface area contributed by atoms with Crippen molar-refractivity contribution in [3.8, 4) is 0 Å². The van der Waals surface area contributed by atoms with Gasteiger partial charge in [-0.05, 0) is 6.92 Å². The highest BCUT2D eigenvalue weighted by molar-refractivity contribution is 5.83. The maximum absolute atomic E-state index is 11.7. The van der Waals surface area contributed by atoms with E-state index in [0.29, 0.717) is 0 Å². The summed E-state index contributed by atoms with van der Waals surface area (Å²) in [6.45, 7) is -0.796. The lowest BCUT2D eigenvalue weighted by Gasteiger charge is -2.17. The van der Waals surface area contributed by atoms with Crippen LogP contribution in [0.1, 0.15) is 13.3 Å². The zero-order valence-corrected chi connectivity index (χ0v) is 9.53. The largest absolute Gasteiger partial charge is 0.480 e. The van der Waals surface area contributed by atoms with Crippen molar-refractivity contribution in [3.63, 3.8) is 0 Å². The molecule has 0 aliphatic rings. The Labute approximate surface area is 101 Å². The highest BCUT2D eigenvalue weighted by Crippen LogP contribution is 2.14. The van der Waals surface area contributed by atoms with Crippen molar-refractivity contribution < 1.29 is 37.7 Å². The summed E-state index contributed by atoms with van der Waals surface area (Å²) in [6, 6.07) is -1.50. The fourth-order valence-corrected chi connectivity index (χ4v) is 0.987. The summed E-state index contributed by atoms with van der Waals surface area (Å²) >= 11 is 0. The van der Waals surface area contributed by atoms with E-state index < -0.39 is 49.8 Å². The lowest BCUT2D eigenvalue weighted by Crippen LogP contribution is -2.47. The van der Waals surface area contributed by atoms with Crippen LogP contribution in [0.15, 0.2) is 0 Å². The molecule has 6 nitrogen and oxygen atoms in total. The average Bonchev–Trinajstić information content (AvgIpc) is 2.18. The SMILES string of the molecule is CC(O)C(NC(=O)CCOCC(F)(F)F)C(=O)O. The van der Waals surface area contributed by atoms with E-state index in [1.807, 2.05) is 5.32 Å². The van der Waals surface area contributed by atoms with Crippen LogP contribution in [0, 0.1) is 0 Å². The monoisotopic (exact) mass is 273 g/mol. The van der Waals surface area contributed by atoms with Crippen LogP contribution in [-0.4, -0.2) is 53.6 Å².